The second-order valence-corrected chi connectivity index (χ2v) is 5.41. The Morgan fingerprint density at radius 1 is 0.950 bits per heavy atom. The van der Waals surface area contributed by atoms with Crippen LogP contribution in [0.1, 0.15) is 47.5 Å². The molecule has 0 aromatic carbocycles. The first-order chi connectivity index (χ1) is 9.33. The predicted molar refractivity (Wildman–Crippen MR) is 76.3 cm³/mol. The number of rotatable bonds is 9. The third-order valence-corrected chi connectivity index (χ3v) is 3.64. The molecular weight excluding hydrogens is 260 g/mol. The lowest BCUT2D eigenvalue weighted by Crippen LogP contribution is -2.55. The number of ether oxygens (including phenoxy) is 3. The van der Waals surface area contributed by atoms with Crippen LogP contribution in [-0.4, -0.2) is 38.9 Å². The highest BCUT2D eigenvalue weighted by Gasteiger charge is 2.59. The Morgan fingerprint density at radius 3 is 1.70 bits per heavy atom. The van der Waals surface area contributed by atoms with Crippen LogP contribution in [-0.2, 0) is 23.8 Å². The van der Waals surface area contributed by atoms with Crippen molar-refractivity contribution >= 4 is 11.9 Å². The molecule has 0 saturated carbocycles. The zero-order valence-corrected chi connectivity index (χ0v) is 13.6. The van der Waals surface area contributed by atoms with Crippen molar-refractivity contribution in [2.24, 2.45) is 10.8 Å². The zero-order valence-electron chi connectivity index (χ0n) is 13.6. The van der Waals surface area contributed by atoms with Gasteiger partial charge >= 0.3 is 11.9 Å². The van der Waals surface area contributed by atoms with E-state index in [0.29, 0.717) is 6.42 Å². The topological polar surface area (TPSA) is 61.8 Å². The third-order valence-electron chi connectivity index (χ3n) is 3.64. The van der Waals surface area contributed by atoms with Crippen molar-refractivity contribution < 1.29 is 23.8 Å². The third kappa shape index (κ3) is 3.72. The van der Waals surface area contributed by atoms with Crippen LogP contribution in [0.4, 0.5) is 0 Å². The first kappa shape index (κ1) is 18.9. The van der Waals surface area contributed by atoms with E-state index in [2.05, 4.69) is 0 Å². The largest absolute Gasteiger partial charge is 0.465 e. The molecule has 118 valence electrons. The highest BCUT2D eigenvalue weighted by Crippen LogP contribution is 2.45. The molecule has 0 aliphatic heterocycles. The molecule has 0 rings (SSSR count). The Hall–Kier alpha value is -1.10. The van der Waals surface area contributed by atoms with Crippen LogP contribution in [0.3, 0.4) is 0 Å². The molecule has 0 aromatic rings. The van der Waals surface area contributed by atoms with Crippen LogP contribution < -0.4 is 0 Å². The number of hydrogen-bond acceptors (Lipinski definition) is 5. The van der Waals surface area contributed by atoms with Gasteiger partial charge in [0.15, 0.2) is 5.41 Å². The maximum Gasteiger partial charge on any atom is 0.326 e. The van der Waals surface area contributed by atoms with Gasteiger partial charge in [0.1, 0.15) is 0 Å². The molecule has 0 aliphatic rings. The average molecular weight is 288 g/mol. The molecule has 0 bridgehead atoms. The van der Waals surface area contributed by atoms with Gasteiger partial charge < -0.3 is 14.2 Å². The fourth-order valence-electron chi connectivity index (χ4n) is 2.51. The van der Waals surface area contributed by atoms with Crippen LogP contribution in [0.15, 0.2) is 0 Å². The summed E-state index contributed by atoms with van der Waals surface area (Å²) < 4.78 is 15.5. The quantitative estimate of drug-likeness (QED) is 0.482. The first-order valence-electron chi connectivity index (χ1n) is 7.17. The summed E-state index contributed by atoms with van der Waals surface area (Å²) in [5.74, 6) is -1.14. The molecule has 5 heteroatoms. The number of hydrogen-bond donors (Lipinski definition) is 0. The zero-order chi connectivity index (χ0) is 15.8. The van der Waals surface area contributed by atoms with Crippen molar-refractivity contribution in [1.82, 2.24) is 0 Å². The van der Waals surface area contributed by atoms with Gasteiger partial charge in [-0.3, -0.25) is 9.59 Å². The molecule has 0 aliphatic carbocycles. The number of carbonyl (C=O) groups is 2. The molecule has 0 atom stereocenters. The van der Waals surface area contributed by atoms with Crippen molar-refractivity contribution in [3.8, 4) is 0 Å². The van der Waals surface area contributed by atoms with E-state index in [1.807, 2.05) is 20.8 Å². The Balaban J connectivity index is 5.78. The molecule has 0 amide bonds. The molecule has 0 aromatic heterocycles. The minimum Gasteiger partial charge on any atom is -0.465 e. The van der Waals surface area contributed by atoms with E-state index in [4.69, 9.17) is 14.2 Å². The standard InChI is InChI=1S/C15H28O5/c1-7-10-14(4,5)15(11-18-6,12(16)19-8-2)13(17)20-9-3/h7-11H2,1-6H3. The highest BCUT2D eigenvalue weighted by atomic mass is 16.6. The van der Waals surface area contributed by atoms with Crippen molar-refractivity contribution in [3.05, 3.63) is 0 Å². The van der Waals surface area contributed by atoms with Crippen LogP contribution in [0.5, 0.6) is 0 Å². The van der Waals surface area contributed by atoms with Crippen LogP contribution >= 0.6 is 0 Å². The lowest BCUT2D eigenvalue weighted by molar-refractivity contribution is -0.188. The van der Waals surface area contributed by atoms with Crippen molar-refractivity contribution in [2.75, 3.05) is 26.9 Å². The van der Waals surface area contributed by atoms with Gasteiger partial charge in [-0.05, 0) is 25.7 Å². The summed E-state index contributed by atoms with van der Waals surface area (Å²) in [5, 5.41) is 0. The lowest BCUT2D eigenvalue weighted by Gasteiger charge is -2.41. The summed E-state index contributed by atoms with van der Waals surface area (Å²) in [7, 11) is 1.47. The van der Waals surface area contributed by atoms with Crippen molar-refractivity contribution in [1.29, 1.82) is 0 Å². The van der Waals surface area contributed by atoms with Gasteiger partial charge in [-0.1, -0.05) is 27.2 Å². The van der Waals surface area contributed by atoms with Gasteiger partial charge in [-0.25, -0.2) is 0 Å². The first-order valence-corrected chi connectivity index (χ1v) is 7.17. The summed E-state index contributed by atoms with van der Waals surface area (Å²) in [4.78, 5) is 25.0. The molecule has 0 heterocycles. The molecule has 0 unspecified atom stereocenters. The maximum atomic E-state index is 12.5. The molecule has 5 nitrogen and oxygen atoms in total. The highest BCUT2D eigenvalue weighted by molar-refractivity contribution is 6.01. The van der Waals surface area contributed by atoms with Gasteiger partial charge in [0.05, 0.1) is 19.8 Å². The predicted octanol–water partition coefficient (Wildman–Crippen LogP) is 2.57. The van der Waals surface area contributed by atoms with Crippen LogP contribution in [0.25, 0.3) is 0 Å². The summed E-state index contributed by atoms with van der Waals surface area (Å²) in [5.41, 5.74) is -2.04. The number of methoxy groups -OCH3 is 1. The van der Waals surface area contributed by atoms with Gasteiger partial charge in [0.25, 0.3) is 0 Å². The lowest BCUT2D eigenvalue weighted by atomic mass is 9.63. The van der Waals surface area contributed by atoms with E-state index in [1.54, 1.807) is 13.8 Å². The Labute approximate surface area is 122 Å². The molecular formula is C15H28O5. The minimum absolute atomic E-state index is 0.0440. The van der Waals surface area contributed by atoms with E-state index in [1.165, 1.54) is 7.11 Å². The van der Waals surface area contributed by atoms with E-state index in [0.717, 1.165) is 6.42 Å². The van der Waals surface area contributed by atoms with E-state index in [-0.39, 0.29) is 19.8 Å². The maximum absolute atomic E-state index is 12.5. The molecule has 0 N–H and O–H groups in total. The Bertz CT molecular complexity index is 304. The fourth-order valence-corrected chi connectivity index (χ4v) is 2.51. The van der Waals surface area contributed by atoms with E-state index >= 15 is 0 Å². The van der Waals surface area contributed by atoms with Gasteiger partial charge in [-0.2, -0.15) is 0 Å². The number of esters is 2. The van der Waals surface area contributed by atoms with Crippen molar-refractivity contribution in [3.63, 3.8) is 0 Å². The monoisotopic (exact) mass is 288 g/mol. The molecule has 20 heavy (non-hydrogen) atoms. The average Bonchev–Trinajstić information content (AvgIpc) is 2.35. The van der Waals surface area contributed by atoms with Gasteiger partial charge in [0.2, 0.25) is 0 Å². The molecule has 0 radical (unpaired) electrons. The van der Waals surface area contributed by atoms with E-state index < -0.39 is 22.8 Å². The summed E-state index contributed by atoms with van der Waals surface area (Å²) in [6, 6.07) is 0. The summed E-state index contributed by atoms with van der Waals surface area (Å²) in [6.45, 7) is 9.58. The van der Waals surface area contributed by atoms with Crippen LogP contribution in [0.2, 0.25) is 0 Å². The molecule has 0 spiro atoms. The smallest absolute Gasteiger partial charge is 0.326 e. The summed E-state index contributed by atoms with van der Waals surface area (Å²) in [6.07, 6.45) is 1.53. The Kier molecular flexibility index (Phi) is 7.79. The van der Waals surface area contributed by atoms with Crippen molar-refractivity contribution in [2.45, 2.75) is 47.5 Å². The SMILES string of the molecule is CCCC(C)(C)C(COC)(C(=O)OCC)C(=O)OCC. The second-order valence-electron chi connectivity index (χ2n) is 5.41. The number of carbonyl (C=O) groups excluding carboxylic acids is 2. The second kappa shape index (κ2) is 8.25. The fraction of sp³-hybridized carbons (Fsp3) is 0.867. The summed E-state index contributed by atoms with van der Waals surface area (Å²) >= 11 is 0. The Morgan fingerprint density at radius 2 is 1.40 bits per heavy atom. The van der Waals surface area contributed by atoms with Gasteiger partial charge in [-0.15, -0.1) is 0 Å². The van der Waals surface area contributed by atoms with E-state index in [9.17, 15) is 9.59 Å². The molecule has 0 saturated heterocycles. The van der Waals surface area contributed by atoms with Crippen LogP contribution in [0, 0.1) is 10.8 Å². The normalized spacial score (nSPS) is 12.1. The van der Waals surface area contributed by atoms with Gasteiger partial charge in [0, 0.05) is 7.11 Å². The minimum atomic E-state index is -1.43. The molecule has 0 fully saturated rings.